The quantitative estimate of drug-likeness (QED) is 0.484. The molecule has 3 N–H and O–H groups in total. The van der Waals surface area contributed by atoms with Crippen LogP contribution in [-0.4, -0.2) is 27.3 Å². The van der Waals surface area contributed by atoms with Gasteiger partial charge in [-0.25, -0.2) is 13.6 Å². The number of anilines is 1. The van der Waals surface area contributed by atoms with E-state index in [2.05, 4.69) is 0 Å². The highest BCUT2D eigenvalue weighted by Gasteiger charge is 2.32. The molecule has 7 nitrogen and oxygen atoms in total. The molecular formula is C22H17F2N3O4. The number of halogens is 2. The van der Waals surface area contributed by atoms with Gasteiger partial charge in [0.25, 0.3) is 0 Å². The van der Waals surface area contributed by atoms with Crippen molar-refractivity contribution in [2.45, 2.75) is 18.9 Å². The van der Waals surface area contributed by atoms with Gasteiger partial charge in [-0.2, -0.15) is 0 Å². The molecule has 0 atom stereocenters. The monoisotopic (exact) mass is 425 g/mol. The number of carboxylic acids is 1. The van der Waals surface area contributed by atoms with Crippen LogP contribution in [0, 0.1) is 11.6 Å². The summed E-state index contributed by atoms with van der Waals surface area (Å²) in [4.78, 5) is 24.2. The minimum absolute atomic E-state index is 0.179. The highest BCUT2D eigenvalue weighted by atomic mass is 19.1. The summed E-state index contributed by atoms with van der Waals surface area (Å²) in [6.45, 7) is 0. The number of nitrogens with zero attached hydrogens (tertiary/aromatic N) is 2. The third kappa shape index (κ3) is 2.77. The first-order chi connectivity index (χ1) is 14.8. The number of hydrogen-bond acceptors (Lipinski definition) is 4. The molecule has 1 fully saturated rings. The summed E-state index contributed by atoms with van der Waals surface area (Å²) < 4.78 is 38.9. The van der Waals surface area contributed by atoms with Crippen molar-refractivity contribution in [3.05, 3.63) is 64.2 Å². The fourth-order valence-corrected chi connectivity index (χ4v) is 3.95. The molecule has 4 aromatic rings. The summed E-state index contributed by atoms with van der Waals surface area (Å²) in [6.07, 6.45) is 5.58. The maximum Gasteiger partial charge on any atom is 0.341 e. The van der Waals surface area contributed by atoms with Crippen molar-refractivity contribution in [2.24, 2.45) is 0 Å². The van der Waals surface area contributed by atoms with Crippen LogP contribution >= 0.6 is 0 Å². The summed E-state index contributed by atoms with van der Waals surface area (Å²) >= 11 is 0. The Morgan fingerprint density at radius 3 is 2.52 bits per heavy atom. The lowest BCUT2D eigenvalue weighted by atomic mass is 10.1. The normalized spacial score (nSPS) is 13.8. The molecule has 1 aliphatic rings. The zero-order chi connectivity index (χ0) is 22.0. The number of rotatable bonds is 4. The number of ether oxygens (including phenoxy) is 1. The SMILES string of the molecule is COc1ccc2cn(-c3c(F)c(N)c4c(=O)c(C(=O)O)cn(C5CC5)c4c3F)cc2c1. The Morgan fingerprint density at radius 2 is 1.87 bits per heavy atom. The van der Waals surface area contributed by atoms with E-state index >= 15 is 8.78 Å². The van der Waals surface area contributed by atoms with E-state index in [1.807, 2.05) is 0 Å². The molecule has 2 heterocycles. The molecule has 5 rings (SSSR count). The topological polar surface area (TPSA) is 99.5 Å². The number of hydrogen-bond donors (Lipinski definition) is 2. The van der Waals surface area contributed by atoms with Crippen molar-refractivity contribution in [3.63, 3.8) is 0 Å². The third-order valence-electron chi connectivity index (χ3n) is 5.64. The molecule has 2 aromatic carbocycles. The van der Waals surface area contributed by atoms with Crippen LogP contribution in [0.1, 0.15) is 29.2 Å². The molecule has 0 aliphatic heterocycles. The molecule has 0 unspecified atom stereocenters. The summed E-state index contributed by atoms with van der Waals surface area (Å²) in [5.74, 6) is -2.99. The molecule has 9 heteroatoms. The number of aromatic nitrogens is 2. The number of aromatic carboxylic acids is 1. The minimum Gasteiger partial charge on any atom is -0.497 e. The predicted molar refractivity (Wildman–Crippen MR) is 111 cm³/mol. The van der Waals surface area contributed by atoms with Gasteiger partial charge in [0.15, 0.2) is 11.6 Å². The van der Waals surface area contributed by atoms with Crippen molar-refractivity contribution < 1.29 is 23.4 Å². The Bertz CT molecular complexity index is 1470. The van der Waals surface area contributed by atoms with Crippen molar-refractivity contribution in [1.82, 2.24) is 9.13 Å². The van der Waals surface area contributed by atoms with Gasteiger partial charge in [-0.1, -0.05) is 0 Å². The fourth-order valence-electron chi connectivity index (χ4n) is 3.95. The molecule has 0 bridgehead atoms. The van der Waals surface area contributed by atoms with Crippen LogP contribution in [0.4, 0.5) is 14.5 Å². The van der Waals surface area contributed by atoms with Crippen molar-refractivity contribution in [2.75, 3.05) is 12.8 Å². The second-order valence-electron chi connectivity index (χ2n) is 7.59. The number of nitrogen functional groups attached to an aromatic ring is 1. The molecule has 0 spiro atoms. The number of methoxy groups -OCH3 is 1. The van der Waals surface area contributed by atoms with E-state index in [9.17, 15) is 14.7 Å². The number of pyridine rings is 1. The zero-order valence-corrected chi connectivity index (χ0v) is 16.4. The highest BCUT2D eigenvalue weighted by Crippen LogP contribution is 2.40. The van der Waals surface area contributed by atoms with Crippen LogP contribution < -0.4 is 15.9 Å². The van der Waals surface area contributed by atoms with E-state index in [0.717, 1.165) is 11.6 Å². The summed E-state index contributed by atoms with van der Waals surface area (Å²) in [5.41, 5.74) is 3.15. The molecule has 31 heavy (non-hydrogen) atoms. The number of benzene rings is 2. The van der Waals surface area contributed by atoms with Crippen LogP contribution in [0.5, 0.6) is 5.75 Å². The first-order valence-corrected chi connectivity index (χ1v) is 9.56. The Kier molecular flexibility index (Phi) is 4.04. The standard InChI is InChI=1S/C22H17F2N3O4/c1-31-13-5-2-10-7-26(8-11(10)6-13)20-16(23)18(25)15-19(17(20)24)27(12-3-4-12)9-14(21(15)28)22(29)30/h2,5-9,12H,3-4,25H2,1H3,(H,29,30). The Morgan fingerprint density at radius 1 is 1.16 bits per heavy atom. The van der Waals surface area contributed by atoms with Crippen molar-refractivity contribution in [1.29, 1.82) is 0 Å². The number of carbonyl (C=O) groups is 1. The smallest absolute Gasteiger partial charge is 0.341 e. The van der Waals surface area contributed by atoms with Gasteiger partial charge in [0.05, 0.1) is 23.7 Å². The minimum atomic E-state index is -1.48. The summed E-state index contributed by atoms with van der Waals surface area (Å²) in [7, 11) is 1.52. The van der Waals surface area contributed by atoms with Gasteiger partial charge in [0, 0.05) is 35.4 Å². The fraction of sp³-hybridized carbons (Fsp3) is 0.182. The van der Waals surface area contributed by atoms with Crippen LogP contribution in [0.25, 0.3) is 27.4 Å². The second kappa shape index (κ2) is 6.56. The maximum atomic E-state index is 15.8. The summed E-state index contributed by atoms with van der Waals surface area (Å²) in [6, 6.07) is 5.03. The molecule has 1 aliphatic carbocycles. The Hall–Kier alpha value is -3.88. The second-order valence-corrected chi connectivity index (χ2v) is 7.59. The molecule has 2 aromatic heterocycles. The van der Waals surface area contributed by atoms with Crippen molar-refractivity contribution in [3.8, 4) is 11.4 Å². The lowest BCUT2D eigenvalue weighted by Gasteiger charge is -2.17. The number of carboxylic acid groups (broad SMARTS) is 1. The van der Waals surface area contributed by atoms with Gasteiger partial charge in [-0.05, 0) is 31.0 Å². The highest BCUT2D eigenvalue weighted by molar-refractivity contribution is 5.99. The van der Waals surface area contributed by atoms with E-state index in [1.165, 1.54) is 22.4 Å². The van der Waals surface area contributed by atoms with E-state index in [1.54, 1.807) is 24.4 Å². The van der Waals surface area contributed by atoms with E-state index in [0.29, 0.717) is 24.0 Å². The van der Waals surface area contributed by atoms with E-state index in [-0.39, 0.29) is 11.6 Å². The molecular weight excluding hydrogens is 408 g/mol. The van der Waals surface area contributed by atoms with Gasteiger partial charge in [0.2, 0.25) is 5.43 Å². The predicted octanol–water partition coefficient (Wildman–Crippen LogP) is 3.85. The lowest BCUT2D eigenvalue weighted by Crippen LogP contribution is -2.22. The van der Waals surface area contributed by atoms with Gasteiger partial charge in [-0.3, -0.25) is 4.79 Å². The van der Waals surface area contributed by atoms with E-state index < -0.39 is 45.4 Å². The largest absolute Gasteiger partial charge is 0.497 e. The van der Waals surface area contributed by atoms with Gasteiger partial charge >= 0.3 is 5.97 Å². The van der Waals surface area contributed by atoms with Gasteiger partial charge in [-0.15, -0.1) is 0 Å². The van der Waals surface area contributed by atoms with Crippen molar-refractivity contribution >= 4 is 33.3 Å². The van der Waals surface area contributed by atoms with Crippen LogP contribution in [0.3, 0.4) is 0 Å². The Labute approximate surface area is 173 Å². The number of nitrogens with two attached hydrogens (primary N) is 1. The molecule has 0 amide bonds. The average Bonchev–Trinajstić information content (AvgIpc) is 3.50. The van der Waals surface area contributed by atoms with Crippen LogP contribution in [0.2, 0.25) is 0 Å². The first-order valence-electron chi connectivity index (χ1n) is 9.56. The maximum absolute atomic E-state index is 15.8. The van der Waals surface area contributed by atoms with E-state index in [4.69, 9.17) is 10.5 Å². The zero-order valence-electron chi connectivity index (χ0n) is 16.4. The van der Waals surface area contributed by atoms with Crippen LogP contribution in [0.15, 0.2) is 41.6 Å². The van der Waals surface area contributed by atoms with Gasteiger partial charge < -0.3 is 24.7 Å². The Balaban J connectivity index is 1.87. The molecule has 0 radical (unpaired) electrons. The van der Waals surface area contributed by atoms with Gasteiger partial charge in [0.1, 0.15) is 17.0 Å². The average molecular weight is 425 g/mol. The number of fused-ring (bicyclic) bond motifs is 2. The third-order valence-corrected chi connectivity index (χ3v) is 5.64. The van der Waals surface area contributed by atoms with Crippen LogP contribution in [-0.2, 0) is 0 Å². The molecule has 0 saturated heterocycles. The lowest BCUT2D eigenvalue weighted by molar-refractivity contribution is 0.0695. The first kappa shape index (κ1) is 19.1. The summed E-state index contributed by atoms with van der Waals surface area (Å²) in [5, 5.41) is 10.3. The molecule has 158 valence electrons. The molecule has 1 saturated carbocycles.